The van der Waals surface area contributed by atoms with E-state index in [1.807, 2.05) is 0 Å². The molecule has 1 amide bonds. The zero-order chi connectivity index (χ0) is 15.4. The third-order valence-electron chi connectivity index (χ3n) is 3.16. The van der Waals surface area contributed by atoms with Crippen LogP contribution >= 0.6 is 11.6 Å². The van der Waals surface area contributed by atoms with Gasteiger partial charge in [-0.15, -0.1) is 0 Å². The van der Waals surface area contributed by atoms with Crippen molar-refractivity contribution < 1.29 is 15.0 Å². The van der Waals surface area contributed by atoms with Crippen LogP contribution < -0.4 is 5.32 Å². The Labute approximate surface area is 128 Å². The van der Waals surface area contributed by atoms with Crippen molar-refractivity contribution in [3.8, 4) is 11.5 Å². The monoisotopic (exact) mass is 305 g/mol. The van der Waals surface area contributed by atoms with E-state index in [0.29, 0.717) is 17.1 Å². The number of rotatable bonds is 4. The first kappa shape index (κ1) is 15.2. The molecular weight excluding hydrogens is 290 g/mol. The van der Waals surface area contributed by atoms with E-state index >= 15 is 0 Å². The summed E-state index contributed by atoms with van der Waals surface area (Å²) < 4.78 is 0. The van der Waals surface area contributed by atoms with Crippen molar-refractivity contribution in [3.05, 3.63) is 53.1 Å². The first-order valence-corrected chi connectivity index (χ1v) is 6.91. The van der Waals surface area contributed by atoms with Gasteiger partial charge < -0.3 is 15.5 Å². The van der Waals surface area contributed by atoms with Crippen molar-refractivity contribution in [2.75, 3.05) is 5.32 Å². The number of hydrogen-bond acceptors (Lipinski definition) is 3. The standard InChI is InChI=1S/C16H16ClNO3/c1-10(8-11-6-7-14(19)15(20)9-11)16(21)18-13-5-3-2-4-12(13)17/h2-7,9-10,19-20H,8H2,1H3,(H,18,21). The number of phenolic OH excluding ortho intramolecular Hbond substituents is 2. The lowest BCUT2D eigenvalue weighted by atomic mass is 10.00. The molecule has 110 valence electrons. The highest BCUT2D eigenvalue weighted by atomic mass is 35.5. The van der Waals surface area contributed by atoms with Gasteiger partial charge in [-0.2, -0.15) is 0 Å². The molecule has 0 spiro atoms. The summed E-state index contributed by atoms with van der Waals surface area (Å²) >= 11 is 6.00. The van der Waals surface area contributed by atoms with Gasteiger partial charge in [0.2, 0.25) is 5.91 Å². The number of halogens is 1. The van der Waals surface area contributed by atoms with Gasteiger partial charge in [0.15, 0.2) is 11.5 Å². The number of amides is 1. The smallest absolute Gasteiger partial charge is 0.227 e. The Bertz CT molecular complexity index is 658. The second-order valence-corrected chi connectivity index (χ2v) is 5.30. The molecule has 0 aliphatic heterocycles. The average Bonchev–Trinajstić information content (AvgIpc) is 2.45. The number of benzene rings is 2. The molecule has 2 aromatic carbocycles. The van der Waals surface area contributed by atoms with Gasteiger partial charge in [-0.3, -0.25) is 4.79 Å². The lowest BCUT2D eigenvalue weighted by molar-refractivity contribution is -0.119. The normalized spacial score (nSPS) is 11.9. The molecule has 1 unspecified atom stereocenters. The second-order valence-electron chi connectivity index (χ2n) is 4.90. The molecule has 4 nitrogen and oxygen atoms in total. The fourth-order valence-corrected chi connectivity index (χ4v) is 2.14. The molecule has 1 atom stereocenters. The lowest BCUT2D eigenvalue weighted by Crippen LogP contribution is -2.22. The number of para-hydroxylation sites is 1. The summed E-state index contributed by atoms with van der Waals surface area (Å²) in [6.45, 7) is 1.79. The molecule has 2 aromatic rings. The van der Waals surface area contributed by atoms with Crippen molar-refractivity contribution in [2.45, 2.75) is 13.3 Å². The highest BCUT2D eigenvalue weighted by Crippen LogP contribution is 2.26. The molecule has 0 aliphatic carbocycles. The summed E-state index contributed by atoms with van der Waals surface area (Å²) in [5.41, 5.74) is 1.34. The topological polar surface area (TPSA) is 69.6 Å². The largest absolute Gasteiger partial charge is 0.504 e. The van der Waals surface area contributed by atoms with Crippen LogP contribution in [0.2, 0.25) is 5.02 Å². The summed E-state index contributed by atoms with van der Waals surface area (Å²) in [6, 6.07) is 11.6. The van der Waals surface area contributed by atoms with Crippen molar-refractivity contribution in [2.24, 2.45) is 5.92 Å². The maximum Gasteiger partial charge on any atom is 0.227 e. The van der Waals surface area contributed by atoms with Gasteiger partial charge in [-0.05, 0) is 36.2 Å². The van der Waals surface area contributed by atoms with Gasteiger partial charge in [0, 0.05) is 5.92 Å². The summed E-state index contributed by atoms with van der Waals surface area (Å²) in [6.07, 6.45) is 0.449. The van der Waals surface area contributed by atoms with Crippen LogP contribution in [0.4, 0.5) is 5.69 Å². The predicted octanol–water partition coefficient (Wildman–Crippen LogP) is 3.57. The number of nitrogens with one attached hydrogen (secondary N) is 1. The van der Waals surface area contributed by atoms with Crippen molar-refractivity contribution in [1.82, 2.24) is 0 Å². The Morgan fingerprint density at radius 2 is 1.90 bits per heavy atom. The summed E-state index contributed by atoms with van der Waals surface area (Å²) in [4.78, 5) is 12.1. The molecule has 21 heavy (non-hydrogen) atoms. The number of aromatic hydroxyl groups is 2. The van der Waals surface area contributed by atoms with Gasteiger partial charge in [0.05, 0.1) is 10.7 Å². The first-order valence-electron chi connectivity index (χ1n) is 6.53. The molecule has 0 saturated heterocycles. The molecule has 5 heteroatoms. The van der Waals surface area contributed by atoms with E-state index in [0.717, 1.165) is 5.56 Å². The molecule has 0 heterocycles. The third-order valence-corrected chi connectivity index (χ3v) is 3.49. The summed E-state index contributed by atoms with van der Waals surface area (Å²) in [5, 5.41) is 22.0. The minimum Gasteiger partial charge on any atom is -0.504 e. The zero-order valence-electron chi connectivity index (χ0n) is 11.5. The van der Waals surface area contributed by atoms with Crippen molar-refractivity contribution >= 4 is 23.2 Å². The van der Waals surface area contributed by atoms with Crippen LogP contribution in [0.1, 0.15) is 12.5 Å². The Morgan fingerprint density at radius 3 is 2.57 bits per heavy atom. The highest BCUT2D eigenvalue weighted by molar-refractivity contribution is 6.33. The van der Waals surface area contributed by atoms with Crippen molar-refractivity contribution in [1.29, 1.82) is 0 Å². The van der Waals surface area contributed by atoms with E-state index in [-0.39, 0.29) is 23.3 Å². The van der Waals surface area contributed by atoms with E-state index in [4.69, 9.17) is 11.6 Å². The number of hydrogen-bond donors (Lipinski definition) is 3. The van der Waals surface area contributed by atoms with Crippen LogP contribution in [-0.2, 0) is 11.2 Å². The molecule has 2 rings (SSSR count). The van der Waals surface area contributed by atoms with Crippen LogP contribution in [-0.4, -0.2) is 16.1 Å². The fourth-order valence-electron chi connectivity index (χ4n) is 1.96. The lowest BCUT2D eigenvalue weighted by Gasteiger charge is -2.13. The van der Waals surface area contributed by atoms with Gasteiger partial charge >= 0.3 is 0 Å². The Balaban J connectivity index is 2.02. The van der Waals surface area contributed by atoms with E-state index < -0.39 is 0 Å². The molecule has 0 bridgehead atoms. The molecule has 0 saturated carbocycles. The van der Waals surface area contributed by atoms with E-state index in [2.05, 4.69) is 5.32 Å². The molecule has 0 radical (unpaired) electrons. The number of anilines is 1. The van der Waals surface area contributed by atoms with Gasteiger partial charge in [-0.1, -0.05) is 36.7 Å². The molecule has 3 N–H and O–H groups in total. The van der Waals surface area contributed by atoms with Crippen LogP contribution in [0.5, 0.6) is 11.5 Å². The number of carbonyl (C=O) groups excluding carboxylic acids is 1. The maximum atomic E-state index is 12.1. The second kappa shape index (κ2) is 6.50. The van der Waals surface area contributed by atoms with E-state index in [1.54, 1.807) is 37.3 Å². The summed E-state index contributed by atoms with van der Waals surface area (Å²) in [5.74, 6) is -0.820. The van der Waals surface area contributed by atoms with Gasteiger partial charge in [0.1, 0.15) is 0 Å². The van der Waals surface area contributed by atoms with Gasteiger partial charge in [-0.25, -0.2) is 0 Å². The predicted molar refractivity (Wildman–Crippen MR) is 82.7 cm³/mol. The molecular formula is C16H16ClNO3. The van der Waals surface area contributed by atoms with Gasteiger partial charge in [0.25, 0.3) is 0 Å². The minimum absolute atomic E-state index is 0.157. The quantitative estimate of drug-likeness (QED) is 0.756. The van der Waals surface area contributed by atoms with Crippen molar-refractivity contribution in [3.63, 3.8) is 0 Å². The minimum atomic E-state index is -0.301. The molecule has 0 aliphatic rings. The highest BCUT2D eigenvalue weighted by Gasteiger charge is 2.15. The maximum absolute atomic E-state index is 12.1. The first-order chi connectivity index (χ1) is 9.97. The van der Waals surface area contributed by atoms with Crippen LogP contribution in [0.15, 0.2) is 42.5 Å². The third kappa shape index (κ3) is 3.89. The SMILES string of the molecule is CC(Cc1ccc(O)c(O)c1)C(=O)Nc1ccccc1Cl. The van der Waals surface area contributed by atoms with Crippen LogP contribution in [0.3, 0.4) is 0 Å². The zero-order valence-corrected chi connectivity index (χ0v) is 12.3. The van der Waals surface area contributed by atoms with Crippen LogP contribution in [0, 0.1) is 5.92 Å². The number of carbonyl (C=O) groups is 1. The Kier molecular flexibility index (Phi) is 4.70. The van der Waals surface area contributed by atoms with E-state index in [9.17, 15) is 15.0 Å². The molecule has 0 fully saturated rings. The fraction of sp³-hybridized carbons (Fsp3) is 0.188. The van der Waals surface area contributed by atoms with E-state index in [1.165, 1.54) is 12.1 Å². The van der Waals surface area contributed by atoms with Crippen LogP contribution in [0.25, 0.3) is 0 Å². The summed E-state index contributed by atoms with van der Waals surface area (Å²) in [7, 11) is 0. The average molecular weight is 306 g/mol. The molecule has 0 aromatic heterocycles. The number of phenols is 2. The Hall–Kier alpha value is -2.20. The Morgan fingerprint density at radius 1 is 1.19 bits per heavy atom.